The summed E-state index contributed by atoms with van der Waals surface area (Å²) in [5, 5.41) is 0. The zero-order chi connectivity index (χ0) is 10.3. The molecule has 1 heterocycles. The molecular formula is C13H20N+. The number of hydrogen-bond acceptors (Lipinski definition) is 0. The Bertz CT molecular complexity index is 341. The Kier molecular flexibility index (Phi) is 2.15. The average Bonchev–Trinajstić information content (AvgIpc) is 2.16. The van der Waals surface area contributed by atoms with Crippen LogP contribution >= 0.6 is 0 Å². The second kappa shape index (κ2) is 3.09. The molecule has 0 saturated carbocycles. The summed E-state index contributed by atoms with van der Waals surface area (Å²) in [6.07, 6.45) is 1.30. The number of para-hydroxylation sites is 1. The molecule has 1 aliphatic rings. The summed E-state index contributed by atoms with van der Waals surface area (Å²) < 4.78 is 1.03. The zero-order valence-corrected chi connectivity index (χ0v) is 9.62. The first-order valence-electron chi connectivity index (χ1n) is 5.46. The van der Waals surface area contributed by atoms with E-state index in [-0.39, 0.29) is 0 Å². The molecule has 0 aromatic heterocycles. The van der Waals surface area contributed by atoms with E-state index in [4.69, 9.17) is 0 Å². The van der Waals surface area contributed by atoms with Crippen molar-refractivity contribution in [2.45, 2.75) is 32.2 Å². The number of fused-ring (bicyclic) bond motifs is 1. The zero-order valence-electron chi connectivity index (χ0n) is 9.62. The van der Waals surface area contributed by atoms with E-state index in [1.54, 1.807) is 0 Å². The molecule has 0 N–H and O–H groups in total. The molecule has 0 fully saturated rings. The van der Waals surface area contributed by atoms with Crippen LogP contribution in [0.4, 0.5) is 5.69 Å². The highest BCUT2D eigenvalue weighted by Gasteiger charge is 2.36. The van der Waals surface area contributed by atoms with Gasteiger partial charge in [-0.3, -0.25) is 4.48 Å². The predicted octanol–water partition coefficient (Wildman–Crippen LogP) is 3.15. The van der Waals surface area contributed by atoms with Gasteiger partial charge in [0.05, 0.1) is 20.1 Å². The van der Waals surface area contributed by atoms with Gasteiger partial charge in [0.2, 0.25) is 0 Å². The Morgan fingerprint density at radius 2 is 1.79 bits per heavy atom. The van der Waals surface area contributed by atoms with Crippen LogP contribution in [0, 0.1) is 0 Å². The van der Waals surface area contributed by atoms with Gasteiger partial charge in [-0.05, 0) is 18.9 Å². The van der Waals surface area contributed by atoms with E-state index in [2.05, 4.69) is 52.2 Å². The first-order chi connectivity index (χ1) is 6.53. The van der Waals surface area contributed by atoms with Crippen LogP contribution in [0.25, 0.3) is 0 Å². The maximum atomic E-state index is 2.35. The lowest BCUT2D eigenvalue weighted by Crippen LogP contribution is -2.51. The van der Waals surface area contributed by atoms with Crippen molar-refractivity contribution in [3.05, 3.63) is 29.8 Å². The van der Waals surface area contributed by atoms with E-state index in [1.807, 2.05) is 0 Å². The third kappa shape index (κ3) is 1.27. The molecule has 1 aliphatic heterocycles. The number of quaternary nitrogens is 1. The smallest absolute Gasteiger partial charge is 0.136 e. The first-order valence-corrected chi connectivity index (χ1v) is 5.46. The third-order valence-corrected chi connectivity index (χ3v) is 3.89. The molecule has 2 rings (SSSR count). The van der Waals surface area contributed by atoms with E-state index >= 15 is 0 Å². The van der Waals surface area contributed by atoms with Gasteiger partial charge in [-0.25, -0.2) is 0 Å². The molecule has 14 heavy (non-hydrogen) atoms. The van der Waals surface area contributed by atoms with E-state index in [9.17, 15) is 0 Å². The van der Waals surface area contributed by atoms with Gasteiger partial charge in [-0.15, -0.1) is 0 Å². The predicted molar refractivity (Wildman–Crippen MR) is 62.6 cm³/mol. The number of benzene rings is 1. The van der Waals surface area contributed by atoms with E-state index in [0.717, 1.165) is 10.5 Å². The minimum Gasteiger partial charge on any atom is -0.294 e. The maximum absolute atomic E-state index is 2.35. The lowest BCUT2D eigenvalue weighted by Gasteiger charge is -2.42. The van der Waals surface area contributed by atoms with E-state index in [1.165, 1.54) is 17.7 Å². The Morgan fingerprint density at radius 1 is 1.14 bits per heavy atom. The largest absolute Gasteiger partial charge is 0.294 e. The Morgan fingerprint density at radius 3 is 2.50 bits per heavy atom. The topological polar surface area (TPSA) is 0 Å². The van der Waals surface area contributed by atoms with Crippen LogP contribution in [0.1, 0.15) is 31.7 Å². The molecule has 1 nitrogen and oxygen atoms in total. The number of rotatable bonds is 0. The van der Waals surface area contributed by atoms with Crippen molar-refractivity contribution in [1.29, 1.82) is 0 Å². The highest BCUT2D eigenvalue weighted by molar-refractivity contribution is 5.53. The van der Waals surface area contributed by atoms with Crippen molar-refractivity contribution in [1.82, 2.24) is 4.48 Å². The second-order valence-corrected chi connectivity index (χ2v) is 5.08. The summed E-state index contributed by atoms with van der Waals surface area (Å²) in [6, 6.07) is 9.60. The summed E-state index contributed by atoms with van der Waals surface area (Å²) in [5.74, 6) is 0.715. The molecule has 1 aromatic carbocycles. The standard InChI is InChI=1S/C13H20N/c1-10-9-11(2)14(3,4)13-8-6-5-7-12(10)13/h5-8,10-11H,9H2,1-4H3/q+1/t10-,11-/m0/s1. The van der Waals surface area contributed by atoms with E-state index < -0.39 is 0 Å². The fourth-order valence-corrected chi connectivity index (χ4v) is 2.57. The van der Waals surface area contributed by atoms with Crippen molar-refractivity contribution in [2.75, 3.05) is 14.1 Å². The number of nitrogens with zero attached hydrogens (tertiary/aromatic N) is 1. The molecule has 0 bridgehead atoms. The normalized spacial score (nSPS) is 29.7. The Labute approximate surface area is 86.9 Å². The van der Waals surface area contributed by atoms with E-state index in [0.29, 0.717) is 5.92 Å². The average molecular weight is 190 g/mol. The van der Waals surface area contributed by atoms with Crippen LogP contribution in [0.3, 0.4) is 0 Å². The fraction of sp³-hybridized carbons (Fsp3) is 0.538. The van der Waals surface area contributed by atoms with Crippen molar-refractivity contribution in [2.24, 2.45) is 0 Å². The monoisotopic (exact) mass is 190 g/mol. The molecule has 0 radical (unpaired) electrons. The SMILES string of the molecule is C[C@H]1C[C@H](C)[N+](C)(C)c2ccccc21. The lowest BCUT2D eigenvalue weighted by molar-refractivity contribution is 0.262. The van der Waals surface area contributed by atoms with Crippen LogP contribution in [0.5, 0.6) is 0 Å². The summed E-state index contributed by atoms with van der Waals surface area (Å²) >= 11 is 0. The molecular weight excluding hydrogens is 170 g/mol. The molecule has 0 saturated heterocycles. The summed E-state index contributed by atoms with van der Waals surface area (Å²) in [7, 11) is 4.63. The molecule has 1 aromatic rings. The fourth-order valence-electron chi connectivity index (χ4n) is 2.57. The lowest BCUT2D eigenvalue weighted by atomic mass is 9.86. The van der Waals surface area contributed by atoms with Crippen LogP contribution in [-0.4, -0.2) is 20.1 Å². The maximum Gasteiger partial charge on any atom is 0.136 e. The summed E-state index contributed by atoms with van der Waals surface area (Å²) in [5.41, 5.74) is 3.04. The molecule has 76 valence electrons. The van der Waals surface area contributed by atoms with Gasteiger partial charge in [0.15, 0.2) is 0 Å². The molecule has 1 heteroatoms. The molecule has 0 aliphatic carbocycles. The molecule has 0 spiro atoms. The third-order valence-electron chi connectivity index (χ3n) is 3.89. The second-order valence-electron chi connectivity index (χ2n) is 5.08. The van der Waals surface area contributed by atoms with Crippen molar-refractivity contribution in [3.8, 4) is 0 Å². The van der Waals surface area contributed by atoms with Crippen molar-refractivity contribution < 1.29 is 0 Å². The molecule has 0 unspecified atom stereocenters. The van der Waals surface area contributed by atoms with Gasteiger partial charge in [0.1, 0.15) is 5.69 Å². The Balaban J connectivity index is 2.57. The first kappa shape index (κ1) is 9.72. The molecule has 2 atom stereocenters. The van der Waals surface area contributed by atoms with Gasteiger partial charge in [0.25, 0.3) is 0 Å². The van der Waals surface area contributed by atoms with Gasteiger partial charge < -0.3 is 0 Å². The highest BCUT2D eigenvalue weighted by atomic mass is 15.3. The summed E-state index contributed by atoms with van der Waals surface area (Å²) in [6.45, 7) is 4.70. The van der Waals surface area contributed by atoms with Crippen LogP contribution in [0.15, 0.2) is 24.3 Å². The van der Waals surface area contributed by atoms with Gasteiger partial charge in [-0.2, -0.15) is 0 Å². The van der Waals surface area contributed by atoms with Crippen LogP contribution < -0.4 is 4.48 Å². The summed E-state index contributed by atoms with van der Waals surface area (Å²) in [4.78, 5) is 0. The van der Waals surface area contributed by atoms with Gasteiger partial charge >= 0.3 is 0 Å². The minimum atomic E-state index is 0.715. The Hall–Kier alpha value is -0.820. The van der Waals surface area contributed by atoms with Crippen LogP contribution in [0.2, 0.25) is 0 Å². The van der Waals surface area contributed by atoms with Gasteiger partial charge in [0, 0.05) is 12.0 Å². The van der Waals surface area contributed by atoms with Gasteiger partial charge in [-0.1, -0.05) is 25.1 Å². The van der Waals surface area contributed by atoms with Crippen molar-refractivity contribution in [3.63, 3.8) is 0 Å². The molecule has 0 amide bonds. The van der Waals surface area contributed by atoms with Crippen LogP contribution in [-0.2, 0) is 0 Å². The highest BCUT2D eigenvalue weighted by Crippen LogP contribution is 2.40. The van der Waals surface area contributed by atoms with Crippen molar-refractivity contribution >= 4 is 5.69 Å². The quantitative estimate of drug-likeness (QED) is 0.551. The number of hydrogen-bond donors (Lipinski definition) is 0. The minimum absolute atomic E-state index is 0.715.